The highest BCUT2D eigenvalue weighted by Gasteiger charge is 2.28. The number of anilines is 1. The number of rotatable bonds is 5. The Kier molecular flexibility index (Phi) is 5.64. The first kappa shape index (κ1) is 20.7. The van der Waals surface area contributed by atoms with Crippen LogP contribution in [-0.2, 0) is 4.74 Å². The summed E-state index contributed by atoms with van der Waals surface area (Å²) >= 11 is 0. The number of amides is 1. The van der Waals surface area contributed by atoms with Crippen LogP contribution in [0, 0.1) is 0 Å². The number of likely N-dealkylation sites (tertiary alicyclic amines) is 1. The number of nitrogens with zero attached hydrogens (tertiary/aromatic N) is 6. The van der Waals surface area contributed by atoms with Crippen molar-refractivity contribution in [2.75, 3.05) is 31.5 Å². The van der Waals surface area contributed by atoms with E-state index in [1.165, 1.54) is 0 Å². The predicted octanol–water partition coefficient (Wildman–Crippen LogP) is 2.17. The van der Waals surface area contributed by atoms with Crippen LogP contribution in [0.3, 0.4) is 0 Å². The van der Waals surface area contributed by atoms with Gasteiger partial charge in [-0.15, -0.1) is 0 Å². The number of carbonyl (C=O) groups excluding carboxylic acids is 1. The molecule has 0 radical (unpaired) electrons. The Morgan fingerprint density at radius 1 is 1.25 bits per heavy atom. The third kappa shape index (κ3) is 4.12. The highest BCUT2D eigenvalue weighted by Crippen LogP contribution is 2.27. The molecule has 32 heavy (non-hydrogen) atoms. The molecule has 3 aromatic rings. The molecule has 1 amide bonds. The van der Waals surface area contributed by atoms with Crippen molar-refractivity contribution in [2.45, 2.75) is 51.3 Å². The van der Waals surface area contributed by atoms with Gasteiger partial charge < -0.3 is 24.8 Å². The molecule has 5 rings (SSSR count). The van der Waals surface area contributed by atoms with Crippen LogP contribution in [0.4, 0.5) is 10.6 Å². The average molecular weight is 440 g/mol. The lowest BCUT2D eigenvalue weighted by molar-refractivity contribution is 0.0641. The smallest absolute Gasteiger partial charge is 0.410 e. The number of hydrogen-bond donors (Lipinski definition) is 3. The molecule has 11 nitrogen and oxygen atoms in total. The van der Waals surface area contributed by atoms with Gasteiger partial charge in [-0.3, -0.25) is 5.10 Å². The SMILES string of the molecule is CC(C)n1cnc2c(NC3CCN(C(=O)O[C@H]4CCNC4)CC3)nc(-c3cn[nH]c3)nc21. The standard InChI is InChI=1S/C21H29N9O2/c1-13(2)30-12-23-17-19(27-18(28-20(17)30)14-9-24-25-10-14)26-15-4-7-29(8-5-15)21(31)32-16-3-6-22-11-16/h9-10,12-13,15-16,22H,3-8,11H2,1-2H3,(H,24,25)(H,26,27,28)/t16-/m0/s1. The Labute approximate surface area is 186 Å². The van der Waals surface area contributed by atoms with Gasteiger partial charge in [-0.1, -0.05) is 0 Å². The molecule has 1 atom stereocenters. The van der Waals surface area contributed by atoms with Gasteiger partial charge in [-0.05, 0) is 39.7 Å². The first-order valence-corrected chi connectivity index (χ1v) is 11.2. The highest BCUT2D eigenvalue weighted by molar-refractivity contribution is 5.85. The summed E-state index contributed by atoms with van der Waals surface area (Å²) in [5.74, 6) is 1.31. The first-order valence-electron chi connectivity index (χ1n) is 11.2. The van der Waals surface area contributed by atoms with Gasteiger partial charge >= 0.3 is 6.09 Å². The second kappa shape index (κ2) is 8.73. The molecule has 5 heterocycles. The van der Waals surface area contributed by atoms with Crippen molar-refractivity contribution in [3.63, 3.8) is 0 Å². The first-order chi connectivity index (χ1) is 15.6. The molecule has 0 aromatic carbocycles. The topological polar surface area (TPSA) is 126 Å². The van der Waals surface area contributed by atoms with Crippen LogP contribution in [0.1, 0.15) is 39.2 Å². The van der Waals surface area contributed by atoms with Gasteiger partial charge in [-0.2, -0.15) is 5.10 Å². The predicted molar refractivity (Wildman–Crippen MR) is 119 cm³/mol. The van der Waals surface area contributed by atoms with Crippen molar-refractivity contribution < 1.29 is 9.53 Å². The van der Waals surface area contributed by atoms with Gasteiger partial charge in [0.15, 0.2) is 17.3 Å². The molecule has 0 aliphatic carbocycles. The highest BCUT2D eigenvalue weighted by atomic mass is 16.6. The van der Waals surface area contributed by atoms with Crippen LogP contribution in [0.25, 0.3) is 22.6 Å². The zero-order valence-electron chi connectivity index (χ0n) is 18.4. The molecular weight excluding hydrogens is 410 g/mol. The lowest BCUT2D eigenvalue weighted by Gasteiger charge is -2.32. The quantitative estimate of drug-likeness (QED) is 0.552. The Hall–Kier alpha value is -3.21. The molecule has 2 aliphatic heterocycles. The fraction of sp³-hybridized carbons (Fsp3) is 0.571. The minimum Gasteiger partial charge on any atom is -0.445 e. The van der Waals surface area contributed by atoms with Crippen molar-refractivity contribution in [1.29, 1.82) is 0 Å². The molecule has 0 saturated carbocycles. The molecule has 0 bridgehead atoms. The summed E-state index contributed by atoms with van der Waals surface area (Å²) in [4.78, 5) is 28.4. The van der Waals surface area contributed by atoms with E-state index in [2.05, 4.69) is 39.7 Å². The van der Waals surface area contributed by atoms with Crippen molar-refractivity contribution in [2.24, 2.45) is 0 Å². The number of piperidine rings is 1. The molecule has 0 spiro atoms. The summed E-state index contributed by atoms with van der Waals surface area (Å²) in [6, 6.07) is 0.413. The molecule has 3 aromatic heterocycles. The van der Waals surface area contributed by atoms with Crippen LogP contribution in [-0.4, -0.2) is 79.0 Å². The van der Waals surface area contributed by atoms with E-state index in [0.29, 0.717) is 24.7 Å². The minimum atomic E-state index is -0.209. The van der Waals surface area contributed by atoms with Crippen LogP contribution in [0.5, 0.6) is 0 Å². The number of aromatic amines is 1. The van der Waals surface area contributed by atoms with Crippen molar-refractivity contribution in [3.8, 4) is 11.4 Å². The van der Waals surface area contributed by atoms with Crippen LogP contribution in [0.15, 0.2) is 18.7 Å². The Morgan fingerprint density at radius 2 is 2.09 bits per heavy atom. The van der Waals surface area contributed by atoms with Crippen LogP contribution < -0.4 is 10.6 Å². The van der Waals surface area contributed by atoms with Gasteiger partial charge in [-0.25, -0.2) is 19.7 Å². The molecule has 2 aliphatic rings. The van der Waals surface area contributed by atoms with E-state index in [4.69, 9.17) is 14.7 Å². The number of fused-ring (bicyclic) bond motifs is 1. The Morgan fingerprint density at radius 3 is 2.78 bits per heavy atom. The summed E-state index contributed by atoms with van der Waals surface area (Å²) in [5.41, 5.74) is 2.37. The molecule has 170 valence electrons. The maximum absolute atomic E-state index is 12.4. The molecule has 11 heteroatoms. The van der Waals surface area contributed by atoms with Gasteiger partial charge in [0.2, 0.25) is 0 Å². The summed E-state index contributed by atoms with van der Waals surface area (Å²) < 4.78 is 7.65. The van der Waals surface area contributed by atoms with E-state index >= 15 is 0 Å². The number of H-pyrrole nitrogens is 1. The fourth-order valence-corrected chi connectivity index (χ4v) is 4.24. The Bertz CT molecular complexity index is 1060. The number of hydrogen-bond acceptors (Lipinski definition) is 8. The van der Waals surface area contributed by atoms with E-state index in [-0.39, 0.29) is 24.3 Å². The zero-order chi connectivity index (χ0) is 22.1. The largest absolute Gasteiger partial charge is 0.445 e. The number of nitrogens with one attached hydrogen (secondary N) is 3. The molecule has 2 fully saturated rings. The maximum atomic E-state index is 12.4. The van der Waals surface area contributed by atoms with Crippen LogP contribution >= 0.6 is 0 Å². The molecular formula is C21H29N9O2. The monoisotopic (exact) mass is 439 g/mol. The number of carbonyl (C=O) groups is 1. The lowest BCUT2D eigenvalue weighted by Crippen LogP contribution is -2.43. The minimum absolute atomic E-state index is 0.00920. The average Bonchev–Trinajstić information content (AvgIpc) is 3.55. The van der Waals surface area contributed by atoms with Gasteiger partial charge in [0.25, 0.3) is 0 Å². The molecule has 3 N–H and O–H groups in total. The second-order valence-corrected chi connectivity index (χ2v) is 8.70. The summed E-state index contributed by atoms with van der Waals surface area (Å²) in [6.45, 7) is 7.16. The van der Waals surface area contributed by atoms with E-state index in [1.54, 1.807) is 17.3 Å². The van der Waals surface area contributed by atoms with E-state index in [9.17, 15) is 4.79 Å². The number of aromatic nitrogens is 6. The third-order valence-electron chi connectivity index (χ3n) is 6.11. The van der Waals surface area contributed by atoms with Crippen LogP contribution in [0.2, 0.25) is 0 Å². The second-order valence-electron chi connectivity index (χ2n) is 8.70. The fourth-order valence-electron chi connectivity index (χ4n) is 4.24. The van der Waals surface area contributed by atoms with E-state index in [0.717, 1.165) is 49.1 Å². The van der Waals surface area contributed by atoms with Crippen molar-refractivity contribution in [3.05, 3.63) is 18.7 Å². The zero-order valence-corrected chi connectivity index (χ0v) is 18.4. The lowest BCUT2D eigenvalue weighted by atomic mass is 10.1. The number of imidazole rings is 1. The third-order valence-corrected chi connectivity index (χ3v) is 6.11. The van der Waals surface area contributed by atoms with Gasteiger partial charge in [0.1, 0.15) is 11.6 Å². The Balaban J connectivity index is 1.31. The summed E-state index contributed by atoms with van der Waals surface area (Å²) in [7, 11) is 0. The normalized spacial score (nSPS) is 19.7. The van der Waals surface area contributed by atoms with Crippen molar-refractivity contribution in [1.82, 2.24) is 39.9 Å². The van der Waals surface area contributed by atoms with E-state index < -0.39 is 0 Å². The number of ether oxygens (including phenoxy) is 1. The summed E-state index contributed by atoms with van der Waals surface area (Å²) in [6.07, 6.45) is 7.60. The van der Waals surface area contributed by atoms with Gasteiger partial charge in [0, 0.05) is 37.9 Å². The van der Waals surface area contributed by atoms with Gasteiger partial charge in [0.05, 0.1) is 18.1 Å². The van der Waals surface area contributed by atoms with Crippen molar-refractivity contribution >= 4 is 23.1 Å². The van der Waals surface area contributed by atoms with E-state index in [1.807, 2.05) is 10.9 Å². The molecule has 2 saturated heterocycles. The summed E-state index contributed by atoms with van der Waals surface area (Å²) in [5, 5.41) is 13.6. The molecule has 0 unspecified atom stereocenters. The maximum Gasteiger partial charge on any atom is 0.410 e.